The van der Waals surface area contributed by atoms with Gasteiger partial charge in [0.05, 0.1) is 16.1 Å². The van der Waals surface area contributed by atoms with Crippen molar-refractivity contribution in [1.29, 1.82) is 0 Å². The van der Waals surface area contributed by atoms with E-state index in [1.54, 1.807) is 12.1 Å². The maximum absolute atomic E-state index is 12.9. The van der Waals surface area contributed by atoms with Crippen molar-refractivity contribution in [2.45, 2.75) is 26.2 Å². The largest absolute Gasteiger partial charge is 0.459 e. The number of nitrogens with zero attached hydrogens (tertiary/aromatic N) is 1. The zero-order valence-electron chi connectivity index (χ0n) is 15.2. The second-order valence-corrected chi connectivity index (χ2v) is 7.73. The Morgan fingerprint density at radius 3 is 2.77 bits per heavy atom. The lowest BCUT2D eigenvalue weighted by Gasteiger charge is -2.32. The summed E-state index contributed by atoms with van der Waals surface area (Å²) in [6.07, 6.45) is 4.74. The van der Waals surface area contributed by atoms with Crippen molar-refractivity contribution in [2.24, 2.45) is 5.92 Å². The van der Waals surface area contributed by atoms with E-state index < -0.39 is 0 Å². The van der Waals surface area contributed by atoms with Gasteiger partial charge in [0.15, 0.2) is 5.76 Å². The smallest absolute Gasteiger partial charge is 0.291 e. The van der Waals surface area contributed by atoms with Crippen LogP contribution in [0.3, 0.4) is 0 Å². The molecule has 26 heavy (non-hydrogen) atoms. The average molecular weight is 375 g/mol. The van der Waals surface area contributed by atoms with E-state index in [-0.39, 0.29) is 17.6 Å². The number of hydrogen-bond acceptors (Lipinski definition) is 5. The third-order valence-electron chi connectivity index (χ3n) is 4.80. The zero-order valence-corrected chi connectivity index (χ0v) is 16.0. The lowest BCUT2D eigenvalue weighted by molar-refractivity contribution is 0.0691. The highest BCUT2D eigenvalue weighted by atomic mass is 32.1. The van der Waals surface area contributed by atoms with Gasteiger partial charge in [0.2, 0.25) is 0 Å². The molecule has 1 aliphatic heterocycles. The standard InChI is InChI=1S/C19H25N3O3S/c1-13-12-16(21-18(23)15-4-3-11-25-15)26-17(13)19(24)22-9-6-14(7-10-22)5-8-20-2/h3-4,11-12,14,20H,5-10H2,1-2H3,(H,21,23). The highest BCUT2D eigenvalue weighted by Gasteiger charge is 2.26. The van der Waals surface area contributed by atoms with E-state index in [0.717, 1.165) is 38.0 Å². The van der Waals surface area contributed by atoms with E-state index >= 15 is 0 Å². The normalized spacial score (nSPS) is 15.2. The summed E-state index contributed by atoms with van der Waals surface area (Å²) in [5.41, 5.74) is 0.895. The summed E-state index contributed by atoms with van der Waals surface area (Å²) in [6.45, 7) is 4.55. The molecule has 2 aromatic heterocycles. The number of nitrogens with one attached hydrogen (secondary N) is 2. The summed E-state index contributed by atoms with van der Waals surface area (Å²) in [5.74, 6) is 0.713. The number of rotatable bonds is 6. The van der Waals surface area contributed by atoms with Crippen LogP contribution in [0.5, 0.6) is 0 Å². The molecule has 1 saturated heterocycles. The zero-order chi connectivity index (χ0) is 18.5. The summed E-state index contributed by atoms with van der Waals surface area (Å²) < 4.78 is 5.10. The molecule has 1 fully saturated rings. The van der Waals surface area contributed by atoms with Crippen molar-refractivity contribution in [3.8, 4) is 0 Å². The van der Waals surface area contributed by atoms with Gasteiger partial charge >= 0.3 is 0 Å². The first kappa shape index (κ1) is 18.7. The van der Waals surface area contributed by atoms with E-state index in [4.69, 9.17) is 4.42 Å². The van der Waals surface area contributed by atoms with Crippen LogP contribution in [-0.2, 0) is 0 Å². The van der Waals surface area contributed by atoms with Crippen LogP contribution < -0.4 is 10.6 Å². The first-order valence-electron chi connectivity index (χ1n) is 8.97. The Labute approximate surface area is 157 Å². The molecule has 0 unspecified atom stereocenters. The molecule has 2 aromatic rings. The number of carbonyl (C=O) groups is 2. The molecule has 0 aliphatic carbocycles. The first-order valence-corrected chi connectivity index (χ1v) is 9.79. The number of likely N-dealkylation sites (tertiary alicyclic amines) is 1. The Hall–Kier alpha value is -2.12. The first-order chi connectivity index (χ1) is 12.6. The Morgan fingerprint density at radius 2 is 2.12 bits per heavy atom. The molecule has 1 aliphatic rings. The minimum absolute atomic E-state index is 0.0677. The molecule has 7 heteroatoms. The topological polar surface area (TPSA) is 74.6 Å². The predicted molar refractivity (Wildman–Crippen MR) is 103 cm³/mol. The predicted octanol–water partition coefficient (Wildman–Crippen LogP) is 3.36. The van der Waals surface area contributed by atoms with Crippen LogP contribution in [0.4, 0.5) is 5.00 Å². The number of carbonyl (C=O) groups excluding carboxylic acids is 2. The van der Waals surface area contributed by atoms with Gasteiger partial charge in [0.1, 0.15) is 0 Å². The average Bonchev–Trinajstić information content (AvgIpc) is 3.30. The van der Waals surface area contributed by atoms with Crippen molar-refractivity contribution in [3.63, 3.8) is 0 Å². The van der Waals surface area contributed by atoms with E-state index in [1.165, 1.54) is 24.0 Å². The quantitative estimate of drug-likeness (QED) is 0.812. The number of amides is 2. The maximum atomic E-state index is 12.9. The molecule has 2 amide bonds. The Morgan fingerprint density at radius 1 is 1.35 bits per heavy atom. The molecule has 0 bridgehead atoms. The summed E-state index contributed by atoms with van der Waals surface area (Å²) >= 11 is 1.33. The number of furan rings is 1. The van der Waals surface area contributed by atoms with Gasteiger partial charge in [0, 0.05) is 13.1 Å². The number of piperidine rings is 1. The van der Waals surface area contributed by atoms with Crippen molar-refractivity contribution in [3.05, 3.63) is 40.7 Å². The molecular weight excluding hydrogens is 350 g/mol. The minimum Gasteiger partial charge on any atom is -0.459 e. The van der Waals surface area contributed by atoms with Crippen LogP contribution >= 0.6 is 11.3 Å². The van der Waals surface area contributed by atoms with E-state index in [1.807, 2.05) is 24.9 Å². The molecule has 2 N–H and O–H groups in total. The summed E-state index contributed by atoms with van der Waals surface area (Å²) in [5, 5.41) is 6.66. The van der Waals surface area contributed by atoms with Gasteiger partial charge in [-0.3, -0.25) is 9.59 Å². The fourth-order valence-corrected chi connectivity index (χ4v) is 4.29. The van der Waals surface area contributed by atoms with Crippen molar-refractivity contribution in [2.75, 3.05) is 32.0 Å². The van der Waals surface area contributed by atoms with Crippen LogP contribution in [0.15, 0.2) is 28.9 Å². The molecule has 3 heterocycles. The maximum Gasteiger partial charge on any atom is 0.291 e. The van der Waals surface area contributed by atoms with Crippen molar-refractivity contribution in [1.82, 2.24) is 10.2 Å². The second-order valence-electron chi connectivity index (χ2n) is 6.68. The molecule has 0 aromatic carbocycles. The van der Waals surface area contributed by atoms with Gasteiger partial charge in [-0.2, -0.15) is 0 Å². The van der Waals surface area contributed by atoms with Gasteiger partial charge in [-0.1, -0.05) is 0 Å². The van der Waals surface area contributed by atoms with Crippen LogP contribution in [0.1, 0.15) is 45.1 Å². The van der Waals surface area contributed by atoms with Crippen molar-refractivity contribution < 1.29 is 14.0 Å². The monoisotopic (exact) mass is 375 g/mol. The molecule has 0 spiro atoms. The van der Waals surface area contributed by atoms with Crippen LogP contribution in [0.2, 0.25) is 0 Å². The van der Waals surface area contributed by atoms with Gasteiger partial charge < -0.3 is 20.0 Å². The third-order valence-corrected chi connectivity index (χ3v) is 5.94. The molecule has 0 saturated carbocycles. The summed E-state index contributed by atoms with van der Waals surface area (Å²) in [4.78, 5) is 27.6. The number of hydrogen-bond donors (Lipinski definition) is 2. The summed E-state index contributed by atoms with van der Waals surface area (Å²) in [7, 11) is 1.97. The van der Waals surface area contributed by atoms with Crippen LogP contribution in [-0.4, -0.2) is 43.4 Å². The molecular formula is C19H25N3O3S. The third kappa shape index (κ3) is 4.34. The molecule has 140 valence electrons. The molecule has 3 rings (SSSR count). The molecule has 6 nitrogen and oxygen atoms in total. The van der Waals surface area contributed by atoms with Gasteiger partial charge in [0.25, 0.3) is 11.8 Å². The SMILES string of the molecule is CNCCC1CCN(C(=O)c2sc(NC(=O)c3ccco3)cc2C)CC1. The van der Waals surface area contributed by atoms with E-state index in [0.29, 0.717) is 15.8 Å². The lowest BCUT2D eigenvalue weighted by atomic mass is 9.93. The van der Waals surface area contributed by atoms with Crippen LogP contribution in [0.25, 0.3) is 0 Å². The fraction of sp³-hybridized carbons (Fsp3) is 0.474. The highest BCUT2D eigenvalue weighted by molar-refractivity contribution is 7.18. The number of aryl methyl sites for hydroxylation is 1. The van der Waals surface area contributed by atoms with E-state index in [9.17, 15) is 9.59 Å². The fourth-order valence-electron chi connectivity index (χ4n) is 3.25. The Balaban J connectivity index is 1.60. The Bertz CT molecular complexity index is 746. The van der Waals surface area contributed by atoms with Gasteiger partial charge in [-0.05, 0) is 69.5 Å². The van der Waals surface area contributed by atoms with Crippen molar-refractivity contribution >= 4 is 28.2 Å². The second kappa shape index (κ2) is 8.51. The van der Waals surface area contributed by atoms with Gasteiger partial charge in [-0.25, -0.2) is 0 Å². The Kier molecular flexibility index (Phi) is 6.11. The lowest BCUT2D eigenvalue weighted by Crippen LogP contribution is -2.38. The molecule has 0 atom stereocenters. The molecule has 0 radical (unpaired) electrons. The number of anilines is 1. The van der Waals surface area contributed by atoms with Crippen LogP contribution in [0, 0.1) is 12.8 Å². The highest BCUT2D eigenvalue weighted by Crippen LogP contribution is 2.30. The minimum atomic E-state index is -0.305. The summed E-state index contributed by atoms with van der Waals surface area (Å²) in [6, 6.07) is 5.13. The number of thiophene rings is 1. The van der Waals surface area contributed by atoms with E-state index in [2.05, 4.69) is 10.6 Å². The van der Waals surface area contributed by atoms with Gasteiger partial charge in [-0.15, -0.1) is 11.3 Å².